The third-order valence-corrected chi connectivity index (χ3v) is 19.1. The molecule has 37 nitrogen and oxygen atoms in total. The number of ether oxygens (including phenoxy) is 8. The van der Waals surface area contributed by atoms with Crippen LogP contribution in [0.25, 0.3) is 0 Å². The van der Waals surface area contributed by atoms with Crippen molar-refractivity contribution in [1.82, 2.24) is 26.6 Å². The summed E-state index contributed by atoms with van der Waals surface area (Å²) in [5.41, 5.74) is 16.1. The fraction of sp³-hybridized carbons (Fsp3) is 0.597. The first kappa shape index (κ1) is 91.8. The Kier molecular flexibility index (Phi) is 41.3. The van der Waals surface area contributed by atoms with Gasteiger partial charge in [0.25, 0.3) is 72.5 Å². The van der Waals surface area contributed by atoms with Crippen LogP contribution in [0.15, 0.2) is 65.3 Å². The Hall–Kier alpha value is -7.43. The summed E-state index contributed by atoms with van der Waals surface area (Å²) >= 11 is 0. The van der Waals surface area contributed by atoms with Gasteiger partial charge in [0.15, 0.2) is 28.8 Å². The molecule has 3 rings (SSSR count). The van der Waals surface area contributed by atoms with Gasteiger partial charge in [-0.05, 0) is 160 Å². The van der Waals surface area contributed by atoms with Crippen molar-refractivity contribution in [3.8, 4) is 46.0 Å². The van der Waals surface area contributed by atoms with Crippen LogP contribution in [-0.2, 0) is 67.1 Å². The summed E-state index contributed by atoms with van der Waals surface area (Å²) < 4.78 is 238. The van der Waals surface area contributed by atoms with E-state index in [0.29, 0.717) is 106 Å². The number of Topliss-reactive ketones (excluding diaryl/α,β-unsaturated/α-hetero) is 1. The summed E-state index contributed by atoms with van der Waals surface area (Å²) in [6.45, 7) is 1.77. The maximum absolute atomic E-state index is 13.5. The number of allylic oxidation sites excluding steroid dienone is 2. The van der Waals surface area contributed by atoms with Crippen LogP contribution in [0, 0.1) is 5.53 Å². The largest absolute Gasteiger partial charge is 0.493 e. The highest BCUT2D eigenvalue weighted by molar-refractivity contribution is 7.86. The molecule has 3 aromatic rings. The molecule has 0 unspecified atom stereocenters. The van der Waals surface area contributed by atoms with Gasteiger partial charge in [0.05, 0.1) is 93.1 Å². The molecule has 0 fully saturated rings. The van der Waals surface area contributed by atoms with Crippen LogP contribution < -0.4 is 70.2 Å². The summed E-state index contributed by atoms with van der Waals surface area (Å²) in [7, 11) is -24.3. The van der Waals surface area contributed by atoms with E-state index in [1.807, 2.05) is 7.05 Å². The lowest BCUT2D eigenvalue weighted by Crippen LogP contribution is -2.26. The number of rotatable bonds is 60. The summed E-state index contributed by atoms with van der Waals surface area (Å²) in [6.07, 6.45) is 7.34. The fourth-order valence-electron chi connectivity index (χ4n) is 9.24. The highest BCUT2D eigenvalue weighted by Crippen LogP contribution is 2.41. The van der Waals surface area contributed by atoms with Gasteiger partial charge in [-0.25, -0.2) is 5.53 Å². The lowest BCUT2D eigenvalue weighted by molar-refractivity contribution is 0.0944. The van der Waals surface area contributed by atoms with Gasteiger partial charge in [0.1, 0.15) is 11.5 Å². The summed E-state index contributed by atoms with van der Waals surface area (Å²) in [4.78, 5) is 39.7. The first-order valence-corrected chi connectivity index (χ1v) is 43.0. The van der Waals surface area contributed by atoms with Crippen molar-refractivity contribution in [1.29, 1.82) is 5.53 Å². The lowest BCUT2D eigenvalue weighted by atomic mass is 10.0. The molecule has 43 heteroatoms. The maximum Gasteiger partial charge on any atom is 0.264 e. The van der Waals surface area contributed by atoms with E-state index in [2.05, 4.69) is 31.7 Å². The van der Waals surface area contributed by atoms with Crippen molar-refractivity contribution >= 4 is 78.3 Å². The Morgan fingerprint density at radius 1 is 0.410 bits per heavy atom. The Morgan fingerprint density at radius 2 is 0.724 bits per heavy atom. The molecule has 0 spiro atoms. The maximum atomic E-state index is 13.5. The average molecular weight is 1610 g/mol. The molecule has 0 heterocycles. The predicted octanol–water partition coefficient (Wildman–Crippen LogP) is 4.57. The lowest BCUT2D eigenvalue weighted by Gasteiger charge is -2.19. The molecule has 2 amide bonds. The van der Waals surface area contributed by atoms with E-state index in [-0.39, 0.29) is 156 Å². The van der Waals surface area contributed by atoms with Crippen molar-refractivity contribution in [3.63, 3.8) is 0 Å². The molecule has 0 saturated heterocycles. The SMILES string of the molecule is CNCCCc1c(OCCCC/C(N)=C/NCCCNC(=O)c2cc(OCCCS(=O)(=O)O)c(OCCCS(=O)(=O)O)c(OCCCS(=O)(=O)O)c2)cc(C(C)=O)cc1OCCCC/C(=C/NCCCNC(=O)c1cc(OCCCS(=O)(=O)O)c(OCCCS(=O)(=O)O)c(OCCCS(=O)(=O)O)c1)N=N. The Balaban J connectivity index is 1.56. The monoisotopic (exact) mass is 1610 g/mol. The highest BCUT2D eigenvalue weighted by Gasteiger charge is 2.24. The number of hydrogen-bond donors (Lipinski definition) is 13. The van der Waals surface area contributed by atoms with Crippen LogP contribution >= 0.6 is 0 Å². The number of nitrogens with zero attached hydrogens (tertiary/aromatic N) is 1. The fourth-order valence-corrected chi connectivity index (χ4v) is 12.1. The third kappa shape index (κ3) is 43.1. The first-order valence-electron chi connectivity index (χ1n) is 33.3. The predicted molar refractivity (Wildman–Crippen MR) is 385 cm³/mol. The van der Waals surface area contributed by atoms with Gasteiger partial charge >= 0.3 is 0 Å². The smallest absolute Gasteiger partial charge is 0.264 e. The number of hydrogen-bond acceptors (Lipinski definition) is 29. The molecule has 0 saturated carbocycles. The van der Waals surface area contributed by atoms with Crippen LogP contribution in [0.1, 0.15) is 140 Å². The number of benzene rings is 3. The molecule has 3 aromatic carbocycles. The van der Waals surface area contributed by atoms with Gasteiger partial charge in [0.2, 0.25) is 11.5 Å². The normalized spacial score (nSPS) is 12.4. The molecule has 14 N–H and O–H groups in total. The number of unbranched alkanes of at least 4 members (excludes halogenated alkanes) is 2. The third-order valence-electron chi connectivity index (χ3n) is 14.3. The van der Waals surface area contributed by atoms with Crippen molar-refractivity contribution in [2.24, 2.45) is 10.8 Å². The van der Waals surface area contributed by atoms with Crippen LogP contribution in [0.5, 0.6) is 46.0 Å². The molecule has 0 aliphatic carbocycles. The Morgan fingerprint density at radius 3 is 1.06 bits per heavy atom. The summed E-state index contributed by atoms with van der Waals surface area (Å²) in [5.74, 6) is -5.44. The van der Waals surface area contributed by atoms with Crippen molar-refractivity contribution in [2.45, 2.75) is 110 Å². The number of carbonyl (C=O) groups is 3. The number of amides is 2. The molecular formula is C62H98N8O29S6. The number of carbonyl (C=O) groups excluding carboxylic acids is 3. The molecule has 0 aliphatic heterocycles. The van der Waals surface area contributed by atoms with Crippen LogP contribution in [0.3, 0.4) is 0 Å². The molecule has 0 atom stereocenters. The minimum Gasteiger partial charge on any atom is -0.493 e. The van der Waals surface area contributed by atoms with Crippen molar-refractivity contribution < 1.29 is 130 Å². The van der Waals surface area contributed by atoms with Crippen molar-refractivity contribution in [3.05, 3.63) is 82.4 Å². The molecule has 0 bridgehead atoms. The Bertz CT molecular complexity index is 3930. The topological polar surface area (TPSA) is 574 Å². The highest BCUT2D eigenvalue weighted by atomic mass is 32.2. The van der Waals surface area contributed by atoms with E-state index in [1.165, 1.54) is 31.2 Å². The second kappa shape index (κ2) is 47.3. The summed E-state index contributed by atoms with van der Waals surface area (Å²) in [6, 6.07) is 8.39. The van der Waals surface area contributed by atoms with E-state index in [9.17, 15) is 83.1 Å². The minimum atomic E-state index is -4.37. The van der Waals surface area contributed by atoms with Gasteiger partial charge in [-0.1, -0.05) is 0 Å². The van der Waals surface area contributed by atoms with Crippen LogP contribution in [-0.4, -0.2) is 223 Å². The number of ketones is 1. The Labute approximate surface area is 613 Å². The van der Waals surface area contributed by atoms with Crippen LogP contribution in [0.2, 0.25) is 0 Å². The zero-order chi connectivity index (χ0) is 78.1. The van der Waals surface area contributed by atoms with Gasteiger partial charge in [-0.15, -0.1) is 0 Å². The van der Waals surface area contributed by atoms with Gasteiger partial charge in [-0.3, -0.25) is 41.7 Å². The molecule has 0 radical (unpaired) electrons. The standard InChI is InChI=1S/C62H98N8O29S6/c1-46(71)47-38-53(92-24-5-3-16-50(63)44-66-20-8-22-68-61(72)48-40-55(94-26-10-32-100(74,75)76)59(98-30-14-36-104(86,87)88)56(41-48)95-27-11-33-101(77,78)79)52(18-7-19-65-2)54(39-47)93-25-6-4-17-51(70-64)45-67-21-9-23-69-62(73)49-42-57(96-28-12-34-102(80,81)82)60(99-31-15-37-105(89,90)91)58(43-49)97-29-13-35-103(83,84)85/h38-45,64-67H,3-37,63H2,1-2H3,(H,68,72)(H,69,73)(H,74,75,76)(H,77,78,79)(H,80,81,82)(H,83,84,85)(H,86,87,88)(H,89,90,91)/b50-44-,51-45-,70-64?. The quantitative estimate of drug-likeness (QED) is 0.0159. The molecule has 105 heavy (non-hydrogen) atoms. The van der Waals surface area contributed by atoms with E-state index >= 15 is 0 Å². The number of nitrogens with two attached hydrogens (primary N) is 1. The molecule has 0 aliphatic rings. The first-order chi connectivity index (χ1) is 49.4. The van der Waals surface area contributed by atoms with E-state index in [1.54, 1.807) is 24.5 Å². The van der Waals surface area contributed by atoms with Gasteiger partial charge in [0, 0.05) is 66.5 Å². The van der Waals surface area contributed by atoms with Gasteiger partial charge < -0.3 is 70.2 Å². The summed E-state index contributed by atoms with van der Waals surface area (Å²) in [5, 5.41) is 18.4. The second-order valence-corrected chi connectivity index (χ2v) is 32.9. The van der Waals surface area contributed by atoms with E-state index < -0.39 is 107 Å². The average Bonchev–Trinajstić information content (AvgIpc) is 0.818. The zero-order valence-electron chi connectivity index (χ0n) is 58.4. The van der Waals surface area contributed by atoms with Gasteiger partial charge in [-0.2, -0.15) is 55.6 Å². The molecule has 596 valence electrons. The van der Waals surface area contributed by atoms with Crippen molar-refractivity contribution in [2.75, 3.05) is 127 Å². The number of nitrogens with one attached hydrogen (secondary N) is 6. The van der Waals surface area contributed by atoms with E-state index in [0.717, 1.165) is 12.0 Å². The molecular weight excluding hydrogens is 1510 g/mol. The van der Waals surface area contributed by atoms with Crippen LogP contribution in [0.4, 0.5) is 0 Å². The minimum absolute atomic E-state index is 0.0339. The van der Waals surface area contributed by atoms with E-state index in [4.69, 9.17) is 58.3 Å². The second-order valence-electron chi connectivity index (χ2n) is 23.5. The molecule has 0 aromatic heterocycles. The zero-order valence-corrected chi connectivity index (χ0v) is 63.3.